The lowest BCUT2D eigenvalue weighted by Crippen LogP contribution is -2.54. The van der Waals surface area contributed by atoms with Gasteiger partial charge < -0.3 is 9.80 Å². The standard InChI is InChI=1S/C26H33F3N8O5S/c1-16-13-35(7-8-36(16)21(38)11-26(27,28)29)20-10-18(43(40,41)33-25(2)5-6-25)9-19-22(20)31-24(32-42-4)37(23(19)39)15-17-12-30-34(3)14-17/h9-10,12,14,16,33H,5-8,11,13,15H2,1-4H3,(H,31,32)/t16-/m1/s1. The second kappa shape index (κ2) is 11.1. The third-order valence-electron chi connectivity index (χ3n) is 7.64. The first kappa shape index (κ1) is 30.7. The van der Waals surface area contributed by atoms with E-state index in [2.05, 4.69) is 20.3 Å². The molecule has 2 fully saturated rings. The van der Waals surface area contributed by atoms with Gasteiger partial charge in [0.05, 0.1) is 35.8 Å². The van der Waals surface area contributed by atoms with Crippen LogP contribution in [0.2, 0.25) is 0 Å². The quantitative estimate of drug-likeness (QED) is 0.341. The number of aromatic nitrogens is 4. The molecule has 2 N–H and O–H groups in total. The molecule has 1 aromatic carbocycles. The highest BCUT2D eigenvalue weighted by Crippen LogP contribution is 2.37. The average molecular weight is 627 g/mol. The fourth-order valence-corrected chi connectivity index (χ4v) is 6.73. The number of aryl methyl sites for hydroxylation is 1. The SMILES string of the molecule is CONc1nc2c(N3CCN(C(=O)CC(F)(F)F)[C@H](C)C3)cc(S(=O)(=O)NC3(C)CC3)cc2c(=O)n1Cc1cnn(C)c1. The average Bonchev–Trinajstić information content (AvgIpc) is 3.47. The minimum Gasteiger partial charge on any atom is -0.366 e. The summed E-state index contributed by atoms with van der Waals surface area (Å²) in [4.78, 5) is 38.9. The molecule has 3 aromatic rings. The zero-order chi connectivity index (χ0) is 31.3. The molecule has 0 radical (unpaired) electrons. The van der Waals surface area contributed by atoms with E-state index in [4.69, 9.17) is 4.84 Å². The number of alkyl halides is 3. The Morgan fingerprint density at radius 1 is 1.23 bits per heavy atom. The Morgan fingerprint density at radius 2 is 1.95 bits per heavy atom. The van der Waals surface area contributed by atoms with Gasteiger partial charge in [-0.1, -0.05) is 0 Å². The van der Waals surface area contributed by atoms with Crippen LogP contribution in [0.15, 0.2) is 34.2 Å². The number of amides is 1. The Morgan fingerprint density at radius 3 is 2.53 bits per heavy atom. The summed E-state index contributed by atoms with van der Waals surface area (Å²) in [5, 5.41) is 4.15. The number of hydrogen-bond donors (Lipinski definition) is 2. The van der Waals surface area contributed by atoms with Crippen LogP contribution in [0, 0.1) is 0 Å². The lowest BCUT2D eigenvalue weighted by Gasteiger charge is -2.41. The predicted molar refractivity (Wildman–Crippen MR) is 151 cm³/mol. The van der Waals surface area contributed by atoms with Gasteiger partial charge in [0.1, 0.15) is 11.9 Å². The van der Waals surface area contributed by atoms with Crippen LogP contribution in [0.3, 0.4) is 0 Å². The zero-order valence-electron chi connectivity index (χ0n) is 24.1. The largest absolute Gasteiger partial charge is 0.397 e. The summed E-state index contributed by atoms with van der Waals surface area (Å²) < 4.78 is 71.3. The molecule has 234 valence electrons. The summed E-state index contributed by atoms with van der Waals surface area (Å²) in [6.07, 6.45) is -1.56. The maximum Gasteiger partial charge on any atom is 0.397 e. The minimum absolute atomic E-state index is 0.0209. The molecule has 0 unspecified atom stereocenters. The Hall–Kier alpha value is -3.70. The van der Waals surface area contributed by atoms with Gasteiger partial charge >= 0.3 is 6.18 Å². The molecule has 1 saturated heterocycles. The molecule has 1 atom stereocenters. The maximum atomic E-state index is 14.0. The number of anilines is 2. The van der Waals surface area contributed by atoms with Crippen molar-refractivity contribution < 1.29 is 31.2 Å². The van der Waals surface area contributed by atoms with Crippen molar-refractivity contribution in [3.8, 4) is 0 Å². The molecule has 1 saturated carbocycles. The van der Waals surface area contributed by atoms with Crippen LogP contribution in [0.4, 0.5) is 24.8 Å². The topological polar surface area (TPSA) is 144 Å². The van der Waals surface area contributed by atoms with Crippen LogP contribution in [0.5, 0.6) is 0 Å². The summed E-state index contributed by atoms with van der Waals surface area (Å²) >= 11 is 0. The van der Waals surface area contributed by atoms with E-state index in [0.29, 0.717) is 24.1 Å². The number of halogens is 3. The van der Waals surface area contributed by atoms with Crippen molar-refractivity contribution in [2.45, 2.75) is 62.3 Å². The number of sulfonamides is 1. The molecular formula is C26H33F3N8O5S. The second-order valence-corrected chi connectivity index (χ2v) is 13.0. The van der Waals surface area contributed by atoms with Crippen molar-refractivity contribution in [3.05, 3.63) is 40.4 Å². The Labute approximate surface area is 245 Å². The van der Waals surface area contributed by atoms with Gasteiger partial charge in [0, 0.05) is 50.0 Å². The third kappa shape index (κ3) is 6.62. The number of benzene rings is 1. The van der Waals surface area contributed by atoms with Crippen molar-refractivity contribution in [2.75, 3.05) is 37.1 Å². The monoisotopic (exact) mass is 626 g/mol. The second-order valence-electron chi connectivity index (χ2n) is 11.3. The van der Waals surface area contributed by atoms with Gasteiger partial charge in [0.25, 0.3) is 5.56 Å². The van der Waals surface area contributed by atoms with Crippen molar-refractivity contribution in [2.24, 2.45) is 7.05 Å². The van der Waals surface area contributed by atoms with Crippen LogP contribution in [0.1, 0.15) is 38.7 Å². The minimum atomic E-state index is -4.64. The van der Waals surface area contributed by atoms with Gasteiger partial charge in [0.15, 0.2) is 0 Å². The molecule has 17 heteroatoms. The van der Waals surface area contributed by atoms with E-state index in [0.717, 1.165) is 4.90 Å². The summed E-state index contributed by atoms with van der Waals surface area (Å²) in [6.45, 7) is 3.60. The number of hydrogen-bond acceptors (Lipinski definition) is 9. The Balaban J connectivity index is 1.62. The molecule has 1 aliphatic heterocycles. The zero-order valence-corrected chi connectivity index (χ0v) is 24.9. The van der Waals surface area contributed by atoms with Gasteiger partial charge in [-0.25, -0.2) is 23.6 Å². The molecular weight excluding hydrogens is 593 g/mol. The Bertz CT molecular complexity index is 1720. The van der Waals surface area contributed by atoms with E-state index in [9.17, 15) is 31.2 Å². The Kier molecular flexibility index (Phi) is 7.93. The smallest absolute Gasteiger partial charge is 0.366 e. The van der Waals surface area contributed by atoms with Crippen LogP contribution in [0.25, 0.3) is 10.9 Å². The lowest BCUT2D eigenvalue weighted by atomic mass is 10.1. The number of nitrogens with zero attached hydrogens (tertiary/aromatic N) is 6. The summed E-state index contributed by atoms with van der Waals surface area (Å²) in [6, 6.07) is 2.06. The molecule has 3 heterocycles. The molecule has 1 aliphatic carbocycles. The van der Waals surface area contributed by atoms with Gasteiger partial charge in [-0.05, 0) is 38.8 Å². The normalized spacial score (nSPS) is 18.7. The first-order chi connectivity index (χ1) is 20.1. The molecule has 2 aliphatic rings. The van der Waals surface area contributed by atoms with Crippen molar-refractivity contribution in [1.82, 2.24) is 29.0 Å². The van der Waals surface area contributed by atoms with E-state index in [-0.39, 0.29) is 47.9 Å². The highest BCUT2D eigenvalue weighted by Gasteiger charge is 2.42. The molecule has 2 aromatic heterocycles. The number of fused-ring (bicyclic) bond motifs is 1. The van der Waals surface area contributed by atoms with Gasteiger partial charge in [-0.15, -0.1) is 0 Å². The fraction of sp³-hybridized carbons (Fsp3) is 0.538. The van der Waals surface area contributed by atoms with Crippen LogP contribution < -0.4 is 20.7 Å². The maximum absolute atomic E-state index is 14.0. The predicted octanol–water partition coefficient (Wildman–Crippen LogP) is 1.97. The number of carbonyl (C=O) groups excluding carboxylic acids is 1. The number of piperazine rings is 1. The van der Waals surface area contributed by atoms with E-state index in [1.807, 2.05) is 0 Å². The summed E-state index contributed by atoms with van der Waals surface area (Å²) in [5.41, 5.74) is 2.64. The lowest BCUT2D eigenvalue weighted by molar-refractivity contribution is -0.163. The molecule has 0 bridgehead atoms. The molecule has 43 heavy (non-hydrogen) atoms. The molecule has 13 nitrogen and oxygen atoms in total. The highest BCUT2D eigenvalue weighted by atomic mass is 32.2. The highest BCUT2D eigenvalue weighted by molar-refractivity contribution is 7.89. The van der Waals surface area contributed by atoms with Crippen LogP contribution in [-0.2, 0) is 33.2 Å². The third-order valence-corrected chi connectivity index (χ3v) is 9.25. The van der Waals surface area contributed by atoms with Crippen molar-refractivity contribution in [1.29, 1.82) is 0 Å². The van der Waals surface area contributed by atoms with Crippen molar-refractivity contribution >= 4 is 38.5 Å². The van der Waals surface area contributed by atoms with E-state index in [1.54, 1.807) is 42.9 Å². The number of rotatable bonds is 9. The summed E-state index contributed by atoms with van der Waals surface area (Å²) in [7, 11) is -0.986. The number of nitrogens with one attached hydrogen (secondary N) is 2. The van der Waals surface area contributed by atoms with Gasteiger partial charge in [-0.2, -0.15) is 18.3 Å². The van der Waals surface area contributed by atoms with Gasteiger partial charge in [0.2, 0.25) is 21.9 Å². The molecule has 1 amide bonds. The van der Waals surface area contributed by atoms with Crippen LogP contribution in [-0.4, -0.2) is 83.1 Å². The van der Waals surface area contributed by atoms with Crippen LogP contribution >= 0.6 is 0 Å². The summed E-state index contributed by atoms with van der Waals surface area (Å²) in [5.74, 6) is -0.984. The first-order valence-electron chi connectivity index (χ1n) is 13.6. The fourth-order valence-electron chi connectivity index (χ4n) is 5.22. The van der Waals surface area contributed by atoms with E-state index in [1.165, 1.54) is 23.8 Å². The van der Waals surface area contributed by atoms with Crippen molar-refractivity contribution in [3.63, 3.8) is 0 Å². The number of carbonyl (C=O) groups is 1. The first-order valence-corrected chi connectivity index (χ1v) is 15.1. The molecule has 5 rings (SSSR count). The van der Waals surface area contributed by atoms with E-state index < -0.39 is 45.7 Å². The van der Waals surface area contributed by atoms with E-state index >= 15 is 0 Å². The van der Waals surface area contributed by atoms with Gasteiger partial charge in [-0.3, -0.25) is 23.7 Å². The molecule has 0 spiro atoms.